The number of aliphatic hydroxyl groups is 1. The van der Waals surface area contributed by atoms with Crippen LogP contribution >= 0.6 is 12.6 Å². The van der Waals surface area contributed by atoms with Crippen LogP contribution in [0.1, 0.15) is 27.7 Å². The highest BCUT2D eigenvalue weighted by atomic mass is 32.1. The summed E-state index contributed by atoms with van der Waals surface area (Å²) in [4.78, 5) is 0. The molecule has 0 aromatic heterocycles. The minimum absolute atomic E-state index is 0.0718. The highest BCUT2D eigenvalue weighted by Gasteiger charge is 2.26. The van der Waals surface area contributed by atoms with E-state index in [1.807, 2.05) is 6.92 Å². The monoisotopic (exact) mass is 178 g/mol. The Hall–Kier alpha value is 0.270. The van der Waals surface area contributed by atoms with Crippen LogP contribution in [0, 0.1) is 11.3 Å². The molecule has 0 aromatic rings. The first-order valence-electron chi connectivity index (χ1n) is 3.80. The van der Waals surface area contributed by atoms with Gasteiger partial charge in [-0.3, -0.25) is 0 Å². The second-order valence-corrected chi connectivity index (χ2v) is 4.10. The van der Waals surface area contributed by atoms with Crippen molar-refractivity contribution in [1.29, 1.82) is 0 Å². The lowest BCUT2D eigenvalue weighted by Crippen LogP contribution is -2.31. The highest BCUT2D eigenvalue weighted by molar-refractivity contribution is 7.80. The molecule has 0 aliphatic carbocycles. The molecule has 0 saturated heterocycles. The van der Waals surface area contributed by atoms with E-state index in [2.05, 4.69) is 33.4 Å². The molecule has 11 heavy (non-hydrogen) atoms. The van der Waals surface area contributed by atoms with E-state index in [-0.39, 0.29) is 17.3 Å². The van der Waals surface area contributed by atoms with Crippen molar-refractivity contribution in [3.63, 3.8) is 0 Å². The Morgan fingerprint density at radius 1 is 1.45 bits per heavy atom. The van der Waals surface area contributed by atoms with Crippen LogP contribution in [0.4, 0.5) is 0 Å². The SMILES string of the molecule is CC(C(O)OCS)C(C)(C)C. The molecule has 2 nitrogen and oxygen atoms in total. The van der Waals surface area contributed by atoms with Crippen LogP contribution < -0.4 is 0 Å². The second kappa shape index (κ2) is 4.33. The second-order valence-electron chi connectivity index (χ2n) is 3.84. The summed E-state index contributed by atoms with van der Waals surface area (Å²) in [6, 6.07) is 0. The molecule has 0 bridgehead atoms. The third-order valence-electron chi connectivity index (χ3n) is 2.04. The Morgan fingerprint density at radius 3 is 2.18 bits per heavy atom. The lowest BCUT2D eigenvalue weighted by atomic mass is 9.82. The summed E-state index contributed by atoms with van der Waals surface area (Å²) in [6.45, 7) is 8.18. The fourth-order valence-corrected chi connectivity index (χ4v) is 0.801. The zero-order chi connectivity index (χ0) is 9.07. The fourth-order valence-electron chi connectivity index (χ4n) is 0.648. The van der Waals surface area contributed by atoms with Gasteiger partial charge in [-0.05, 0) is 5.41 Å². The first kappa shape index (κ1) is 11.3. The molecule has 2 atom stereocenters. The Balaban J connectivity index is 3.91. The molecule has 3 heteroatoms. The maximum absolute atomic E-state index is 9.38. The van der Waals surface area contributed by atoms with Crippen molar-refractivity contribution < 1.29 is 9.84 Å². The van der Waals surface area contributed by atoms with Crippen molar-refractivity contribution in [2.24, 2.45) is 11.3 Å². The third-order valence-corrected chi connectivity index (χ3v) is 2.19. The van der Waals surface area contributed by atoms with E-state index in [1.165, 1.54) is 0 Å². The summed E-state index contributed by atoms with van der Waals surface area (Å²) in [6.07, 6.45) is -0.701. The molecule has 0 amide bonds. The van der Waals surface area contributed by atoms with E-state index >= 15 is 0 Å². The highest BCUT2D eigenvalue weighted by Crippen LogP contribution is 2.28. The van der Waals surface area contributed by atoms with E-state index in [0.29, 0.717) is 0 Å². The van der Waals surface area contributed by atoms with Gasteiger partial charge in [-0.2, -0.15) is 12.6 Å². The largest absolute Gasteiger partial charge is 0.368 e. The normalized spacial score (nSPS) is 18.0. The summed E-state index contributed by atoms with van der Waals surface area (Å²) in [7, 11) is 0. The molecule has 0 radical (unpaired) electrons. The fraction of sp³-hybridized carbons (Fsp3) is 1.00. The van der Waals surface area contributed by atoms with Crippen LogP contribution in [-0.2, 0) is 4.74 Å². The maximum atomic E-state index is 9.38. The van der Waals surface area contributed by atoms with E-state index in [1.54, 1.807) is 0 Å². The topological polar surface area (TPSA) is 29.5 Å². The van der Waals surface area contributed by atoms with Crippen LogP contribution in [0.15, 0.2) is 0 Å². The van der Waals surface area contributed by atoms with Crippen LogP contribution in [0.3, 0.4) is 0 Å². The summed E-state index contributed by atoms with van der Waals surface area (Å²) in [5.41, 5.74) is 0.0718. The molecule has 0 spiro atoms. The number of ether oxygens (including phenoxy) is 1. The van der Waals surface area contributed by atoms with E-state index in [0.717, 1.165) is 0 Å². The van der Waals surface area contributed by atoms with E-state index in [4.69, 9.17) is 4.74 Å². The molecule has 0 aliphatic heterocycles. The number of aliphatic hydroxyl groups excluding tert-OH is 1. The Bertz CT molecular complexity index is 109. The zero-order valence-corrected chi connectivity index (χ0v) is 8.56. The first-order chi connectivity index (χ1) is 4.89. The van der Waals surface area contributed by atoms with Gasteiger partial charge >= 0.3 is 0 Å². The van der Waals surface area contributed by atoms with Gasteiger partial charge in [0.1, 0.15) is 0 Å². The molecule has 0 heterocycles. The van der Waals surface area contributed by atoms with Gasteiger partial charge in [-0.1, -0.05) is 27.7 Å². The number of rotatable bonds is 3. The van der Waals surface area contributed by atoms with Crippen molar-refractivity contribution >= 4 is 12.6 Å². The quantitative estimate of drug-likeness (QED) is 0.510. The molecular weight excluding hydrogens is 160 g/mol. The number of thiol groups is 1. The van der Waals surface area contributed by atoms with Crippen molar-refractivity contribution in [1.82, 2.24) is 0 Å². The molecule has 0 fully saturated rings. The van der Waals surface area contributed by atoms with Crippen LogP contribution in [0.25, 0.3) is 0 Å². The predicted molar refractivity (Wildman–Crippen MR) is 49.6 cm³/mol. The first-order valence-corrected chi connectivity index (χ1v) is 4.43. The smallest absolute Gasteiger partial charge is 0.158 e. The minimum atomic E-state index is -0.701. The molecule has 0 aromatic carbocycles. The van der Waals surface area contributed by atoms with Crippen LogP contribution in [0.2, 0.25) is 0 Å². The van der Waals surface area contributed by atoms with Gasteiger partial charge in [-0.25, -0.2) is 0 Å². The average Bonchev–Trinajstić information content (AvgIpc) is 1.85. The average molecular weight is 178 g/mol. The van der Waals surface area contributed by atoms with Crippen LogP contribution in [0.5, 0.6) is 0 Å². The summed E-state index contributed by atoms with van der Waals surface area (Å²) >= 11 is 3.87. The van der Waals surface area contributed by atoms with E-state index in [9.17, 15) is 5.11 Å². The van der Waals surface area contributed by atoms with Gasteiger partial charge in [0, 0.05) is 5.92 Å². The molecular formula is C8H18O2S. The van der Waals surface area contributed by atoms with Gasteiger partial charge < -0.3 is 9.84 Å². The minimum Gasteiger partial charge on any atom is -0.368 e. The number of hydrogen-bond acceptors (Lipinski definition) is 3. The molecule has 0 saturated carbocycles. The number of hydrogen-bond donors (Lipinski definition) is 2. The Labute approximate surface area is 74.4 Å². The van der Waals surface area contributed by atoms with Gasteiger partial charge in [0.15, 0.2) is 6.29 Å². The zero-order valence-electron chi connectivity index (χ0n) is 7.66. The van der Waals surface area contributed by atoms with Gasteiger partial charge in [0.25, 0.3) is 0 Å². The molecule has 2 unspecified atom stereocenters. The Morgan fingerprint density at radius 2 is 1.91 bits per heavy atom. The lowest BCUT2D eigenvalue weighted by Gasteiger charge is -2.30. The van der Waals surface area contributed by atoms with Crippen molar-refractivity contribution in [2.45, 2.75) is 34.0 Å². The van der Waals surface area contributed by atoms with Gasteiger partial charge in [0.05, 0.1) is 5.94 Å². The lowest BCUT2D eigenvalue weighted by molar-refractivity contribution is -0.137. The van der Waals surface area contributed by atoms with Crippen molar-refractivity contribution in [2.75, 3.05) is 5.94 Å². The van der Waals surface area contributed by atoms with Crippen molar-refractivity contribution in [3.8, 4) is 0 Å². The molecule has 68 valence electrons. The Kier molecular flexibility index (Phi) is 4.44. The van der Waals surface area contributed by atoms with Crippen LogP contribution in [-0.4, -0.2) is 17.3 Å². The third kappa shape index (κ3) is 3.99. The predicted octanol–water partition coefficient (Wildman–Crippen LogP) is 1.89. The molecule has 1 N–H and O–H groups in total. The molecule has 0 aliphatic rings. The summed E-state index contributed by atoms with van der Waals surface area (Å²) in [5.74, 6) is 0.386. The summed E-state index contributed by atoms with van der Waals surface area (Å²) < 4.78 is 4.95. The van der Waals surface area contributed by atoms with Crippen molar-refractivity contribution in [3.05, 3.63) is 0 Å². The maximum Gasteiger partial charge on any atom is 0.158 e. The summed E-state index contributed by atoms with van der Waals surface area (Å²) in [5, 5.41) is 9.38. The van der Waals surface area contributed by atoms with E-state index < -0.39 is 6.29 Å². The molecule has 0 rings (SSSR count). The van der Waals surface area contributed by atoms with Gasteiger partial charge in [-0.15, -0.1) is 0 Å². The van der Waals surface area contributed by atoms with Gasteiger partial charge in [0.2, 0.25) is 0 Å². The standard InChI is InChI=1S/C8H18O2S/c1-6(8(2,3)4)7(9)10-5-11/h6-7,9,11H,5H2,1-4H3.